The number of hydrogen-bond acceptors (Lipinski definition) is 5. The second-order valence-electron chi connectivity index (χ2n) is 7.37. The van der Waals surface area contributed by atoms with E-state index in [4.69, 9.17) is 9.47 Å². The van der Waals surface area contributed by atoms with Gasteiger partial charge in [0.05, 0.1) is 20.1 Å². The van der Waals surface area contributed by atoms with Crippen molar-refractivity contribution in [2.24, 2.45) is 5.92 Å². The molecule has 0 aromatic heterocycles. The Balaban J connectivity index is 2.05. The van der Waals surface area contributed by atoms with Gasteiger partial charge in [0.25, 0.3) is 0 Å². The summed E-state index contributed by atoms with van der Waals surface area (Å²) < 4.78 is 10.5. The fraction of sp³-hybridized carbons (Fsp3) is 0.579. The lowest BCUT2D eigenvalue weighted by molar-refractivity contribution is -0.126. The molecule has 1 heterocycles. The van der Waals surface area contributed by atoms with Crippen LogP contribution in [0.15, 0.2) is 18.2 Å². The summed E-state index contributed by atoms with van der Waals surface area (Å²) in [7, 11) is 7.07. The summed E-state index contributed by atoms with van der Waals surface area (Å²) in [5.74, 6) is 0.649. The minimum atomic E-state index is -0.353. The van der Waals surface area contributed by atoms with Crippen LogP contribution in [-0.4, -0.2) is 63.7 Å². The van der Waals surface area contributed by atoms with Crippen molar-refractivity contribution in [2.75, 3.05) is 46.3 Å². The van der Waals surface area contributed by atoms with E-state index in [1.54, 1.807) is 37.3 Å². The molecular weight excluding hydrogens is 334 g/mol. The first-order chi connectivity index (χ1) is 12.2. The molecule has 2 rings (SSSR count). The predicted octanol–water partition coefficient (Wildman–Crippen LogP) is 1.51. The van der Waals surface area contributed by atoms with Crippen LogP contribution in [0.4, 0.5) is 5.69 Å². The first-order valence-electron chi connectivity index (χ1n) is 8.67. The van der Waals surface area contributed by atoms with E-state index < -0.39 is 0 Å². The van der Waals surface area contributed by atoms with Gasteiger partial charge in [0, 0.05) is 36.8 Å². The van der Waals surface area contributed by atoms with Gasteiger partial charge in [0.2, 0.25) is 11.8 Å². The summed E-state index contributed by atoms with van der Waals surface area (Å²) in [6, 6.07) is 5.31. The zero-order chi connectivity index (χ0) is 19.5. The van der Waals surface area contributed by atoms with Gasteiger partial charge < -0.3 is 24.6 Å². The third-order valence-corrected chi connectivity index (χ3v) is 5.08. The van der Waals surface area contributed by atoms with E-state index in [1.165, 1.54) is 0 Å². The van der Waals surface area contributed by atoms with E-state index >= 15 is 0 Å². The Morgan fingerprint density at radius 3 is 2.50 bits per heavy atom. The largest absolute Gasteiger partial charge is 0.493 e. The van der Waals surface area contributed by atoms with Crippen LogP contribution in [0.3, 0.4) is 0 Å². The SMILES string of the molecule is COc1ccc(N2CC(C(=O)NCC(C)(C)N(C)C)CC2=O)cc1OC. The average Bonchev–Trinajstić information content (AvgIpc) is 3.00. The van der Waals surface area contributed by atoms with Gasteiger partial charge in [0.1, 0.15) is 0 Å². The number of benzene rings is 1. The number of rotatable bonds is 7. The molecule has 0 spiro atoms. The summed E-state index contributed by atoms with van der Waals surface area (Å²) >= 11 is 0. The molecule has 1 N–H and O–H groups in total. The molecule has 26 heavy (non-hydrogen) atoms. The van der Waals surface area contributed by atoms with Crippen LogP contribution in [0, 0.1) is 5.92 Å². The standard InChI is InChI=1S/C19H29N3O4/c1-19(2,21(3)4)12-20-18(24)13-9-17(23)22(11-13)14-7-8-15(25-5)16(10-14)26-6/h7-8,10,13H,9,11-12H2,1-6H3,(H,20,24). The first-order valence-corrected chi connectivity index (χ1v) is 8.67. The summed E-state index contributed by atoms with van der Waals surface area (Å²) in [5.41, 5.74) is 0.554. The molecule has 1 aliphatic rings. The number of carbonyl (C=O) groups excluding carboxylic acids is 2. The van der Waals surface area contributed by atoms with Gasteiger partial charge in [-0.2, -0.15) is 0 Å². The highest BCUT2D eigenvalue weighted by atomic mass is 16.5. The number of amides is 2. The monoisotopic (exact) mass is 363 g/mol. The van der Waals surface area contributed by atoms with Gasteiger partial charge in [-0.3, -0.25) is 9.59 Å². The number of nitrogens with zero attached hydrogens (tertiary/aromatic N) is 2. The molecule has 1 saturated heterocycles. The van der Waals surface area contributed by atoms with Crippen molar-refractivity contribution < 1.29 is 19.1 Å². The van der Waals surface area contributed by atoms with Crippen LogP contribution in [0.25, 0.3) is 0 Å². The Morgan fingerprint density at radius 2 is 1.92 bits per heavy atom. The zero-order valence-corrected chi connectivity index (χ0v) is 16.5. The number of carbonyl (C=O) groups is 2. The Kier molecular flexibility index (Phi) is 6.13. The van der Waals surface area contributed by atoms with Crippen LogP contribution in [0.5, 0.6) is 11.5 Å². The molecule has 0 saturated carbocycles. The highest BCUT2D eigenvalue weighted by Crippen LogP contribution is 2.34. The molecule has 1 aromatic carbocycles. The lowest BCUT2D eigenvalue weighted by Gasteiger charge is -2.33. The lowest BCUT2D eigenvalue weighted by atomic mass is 10.0. The fourth-order valence-electron chi connectivity index (χ4n) is 2.73. The second-order valence-corrected chi connectivity index (χ2v) is 7.37. The number of anilines is 1. The molecule has 7 heteroatoms. The third kappa shape index (κ3) is 4.27. The Labute approximate surface area is 155 Å². The van der Waals surface area contributed by atoms with Crippen molar-refractivity contribution in [3.8, 4) is 11.5 Å². The smallest absolute Gasteiger partial charge is 0.227 e. The summed E-state index contributed by atoms with van der Waals surface area (Å²) in [6.45, 7) is 5.01. The van der Waals surface area contributed by atoms with Gasteiger partial charge in [-0.1, -0.05) is 0 Å². The molecule has 0 bridgehead atoms. The fourth-order valence-corrected chi connectivity index (χ4v) is 2.73. The maximum atomic E-state index is 12.5. The molecule has 1 unspecified atom stereocenters. The number of likely N-dealkylation sites (N-methyl/N-ethyl adjacent to an activating group) is 1. The van der Waals surface area contributed by atoms with Crippen molar-refractivity contribution in [3.05, 3.63) is 18.2 Å². The van der Waals surface area contributed by atoms with Crippen LogP contribution in [0.1, 0.15) is 20.3 Å². The molecule has 1 aliphatic heterocycles. The van der Waals surface area contributed by atoms with Crippen LogP contribution in [-0.2, 0) is 9.59 Å². The molecule has 0 radical (unpaired) electrons. The lowest BCUT2D eigenvalue weighted by Crippen LogP contribution is -2.49. The van der Waals surface area contributed by atoms with Crippen LogP contribution >= 0.6 is 0 Å². The second kappa shape index (κ2) is 7.95. The maximum Gasteiger partial charge on any atom is 0.227 e. The Morgan fingerprint density at radius 1 is 1.27 bits per heavy atom. The third-order valence-electron chi connectivity index (χ3n) is 5.08. The minimum Gasteiger partial charge on any atom is -0.493 e. The predicted molar refractivity (Wildman–Crippen MR) is 101 cm³/mol. The van der Waals surface area contributed by atoms with E-state index in [0.29, 0.717) is 30.3 Å². The number of nitrogens with one attached hydrogen (secondary N) is 1. The molecule has 2 amide bonds. The first kappa shape index (κ1) is 20.0. The number of ether oxygens (including phenoxy) is 2. The topological polar surface area (TPSA) is 71.1 Å². The van der Waals surface area contributed by atoms with Gasteiger partial charge in [-0.25, -0.2) is 0 Å². The van der Waals surface area contributed by atoms with E-state index in [0.717, 1.165) is 0 Å². The van der Waals surface area contributed by atoms with Crippen molar-refractivity contribution in [1.82, 2.24) is 10.2 Å². The van der Waals surface area contributed by atoms with Gasteiger partial charge >= 0.3 is 0 Å². The molecule has 1 aromatic rings. The Hall–Kier alpha value is -2.28. The zero-order valence-electron chi connectivity index (χ0n) is 16.5. The summed E-state index contributed by atoms with van der Waals surface area (Å²) in [5, 5.41) is 2.98. The van der Waals surface area contributed by atoms with Crippen molar-refractivity contribution >= 4 is 17.5 Å². The van der Waals surface area contributed by atoms with Gasteiger partial charge in [0.15, 0.2) is 11.5 Å². The van der Waals surface area contributed by atoms with Gasteiger partial charge in [-0.15, -0.1) is 0 Å². The average molecular weight is 363 g/mol. The molecular formula is C19H29N3O4. The van der Waals surface area contributed by atoms with Crippen molar-refractivity contribution in [2.45, 2.75) is 25.8 Å². The quantitative estimate of drug-likeness (QED) is 0.795. The highest BCUT2D eigenvalue weighted by molar-refractivity contribution is 6.00. The Bertz CT molecular complexity index is 673. The van der Waals surface area contributed by atoms with E-state index in [-0.39, 0.29) is 29.7 Å². The molecule has 1 atom stereocenters. The summed E-state index contributed by atoms with van der Waals surface area (Å²) in [6.07, 6.45) is 0.211. The minimum absolute atomic E-state index is 0.0655. The van der Waals surface area contributed by atoms with E-state index in [9.17, 15) is 9.59 Å². The number of hydrogen-bond donors (Lipinski definition) is 1. The van der Waals surface area contributed by atoms with Crippen molar-refractivity contribution in [3.63, 3.8) is 0 Å². The number of methoxy groups -OCH3 is 2. The molecule has 1 fully saturated rings. The maximum absolute atomic E-state index is 12.5. The van der Waals surface area contributed by atoms with E-state index in [2.05, 4.69) is 24.1 Å². The van der Waals surface area contributed by atoms with Crippen molar-refractivity contribution in [1.29, 1.82) is 0 Å². The normalized spacial score (nSPS) is 17.6. The molecule has 144 valence electrons. The van der Waals surface area contributed by atoms with Crippen LogP contribution < -0.4 is 19.7 Å². The molecule has 7 nitrogen and oxygen atoms in total. The van der Waals surface area contributed by atoms with Crippen LogP contribution in [0.2, 0.25) is 0 Å². The molecule has 0 aliphatic carbocycles. The van der Waals surface area contributed by atoms with Gasteiger partial charge in [-0.05, 0) is 40.1 Å². The highest BCUT2D eigenvalue weighted by Gasteiger charge is 2.36. The summed E-state index contributed by atoms with van der Waals surface area (Å²) in [4.78, 5) is 28.6. The van der Waals surface area contributed by atoms with E-state index in [1.807, 2.05) is 14.1 Å².